The zero-order valence-electron chi connectivity index (χ0n) is 24.8. The number of hydrogen-bond donors (Lipinski definition) is 1. The molecule has 3 aliphatic heterocycles. The Balaban J connectivity index is 1.21. The Hall–Kier alpha value is -3.49. The first-order valence-electron chi connectivity index (χ1n) is 15.6. The second kappa shape index (κ2) is 11.5. The minimum absolute atomic E-state index is 0.00740. The van der Waals surface area contributed by atoms with Gasteiger partial charge in [-0.3, -0.25) is 9.69 Å². The van der Waals surface area contributed by atoms with Gasteiger partial charge in [-0.2, -0.15) is 0 Å². The van der Waals surface area contributed by atoms with E-state index in [9.17, 15) is 9.90 Å². The third kappa shape index (κ3) is 5.51. The van der Waals surface area contributed by atoms with Crippen LogP contribution in [0.5, 0.6) is 11.6 Å². The topological polar surface area (TPSA) is 81.1 Å². The Morgan fingerprint density at radius 1 is 1.12 bits per heavy atom. The monoisotopic (exact) mass is 586 g/mol. The lowest BCUT2D eigenvalue weighted by atomic mass is 9.82. The molecule has 1 saturated carbocycles. The minimum atomic E-state index is -0.753. The van der Waals surface area contributed by atoms with E-state index in [2.05, 4.69) is 34.1 Å². The Kier molecular flexibility index (Phi) is 7.60. The lowest BCUT2D eigenvalue weighted by Crippen LogP contribution is -2.31. The molecule has 3 aromatic rings. The van der Waals surface area contributed by atoms with Gasteiger partial charge in [-0.15, -0.1) is 0 Å². The lowest BCUT2D eigenvalue weighted by molar-refractivity contribution is -0.142. The number of hydrogen-bond acceptors (Lipinski definition) is 6. The van der Waals surface area contributed by atoms with Crippen LogP contribution in [-0.2, 0) is 22.5 Å². The number of pyridine rings is 1. The van der Waals surface area contributed by atoms with Gasteiger partial charge in [0, 0.05) is 37.2 Å². The predicted octanol–water partition coefficient (Wildman–Crippen LogP) is 6.75. The van der Waals surface area contributed by atoms with Crippen molar-refractivity contribution in [2.24, 2.45) is 17.8 Å². The van der Waals surface area contributed by atoms with Crippen LogP contribution in [0.15, 0.2) is 48.7 Å². The van der Waals surface area contributed by atoms with Crippen LogP contribution in [0.3, 0.4) is 0 Å². The summed E-state index contributed by atoms with van der Waals surface area (Å²) in [6.07, 6.45) is 7.24. The molecule has 7 rings (SSSR count). The number of likely N-dealkylation sites (tertiary alicyclic amines) is 1. The van der Waals surface area contributed by atoms with E-state index in [0.717, 1.165) is 85.2 Å². The molecule has 226 valence electrons. The fourth-order valence-corrected chi connectivity index (χ4v) is 7.51. The van der Waals surface area contributed by atoms with Crippen LogP contribution >= 0.6 is 0 Å². The highest BCUT2D eigenvalue weighted by atomic mass is 19.1. The van der Waals surface area contributed by atoms with E-state index >= 15 is 4.39 Å². The van der Waals surface area contributed by atoms with Gasteiger partial charge in [-0.25, -0.2) is 9.37 Å². The van der Waals surface area contributed by atoms with Gasteiger partial charge in [-0.1, -0.05) is 37.3 Å². The van der Waals surface area contributed by atoms with Gasteiger partial charge < -0.3 is 19.3 Å². The van der Waals surface area contributed by atoms with E-state index in [1.807, 2.05) is 19.1 Å². The zero-order chi connectivity index (χ0) is 29.7. The summed E-state index contributed by atoms with van der Waals surface area (Å²) in [6.45, 7) is 4.21. The van der Waals surface area contributed by atoms with Gasteiger partial charge in [0.25, 0.3) is 0 Å². The minimum Gasteiger partial charge on any atom is -0.485 e. The summed E-state index contributed by atoms with van der Waals surface area (Å²) in [6, 6.07) is 14.2. The number of carboxylic acid groups (broad SMARTS) is 1. The van der Waals surface area contributed by atoms with E-state index in [4.69, 9.17) is 14.2 Å². The van der Waals surface area contributed by atoms with Crippen molar-refractivity contribution in [2.45, 2.75) is 70.2 Å². The molecule has 7 nitrogen and oxygen atoms in total. The van der Waals surface area contributed by atoms with Crippen molar-refractivity contribution < 1.29 is 28.5 Å². The Morgan fingerprint density at radius 3 is 2.77 bits per heavy atom. The maximum atomic E-state index is 15.2. The van der Waals surface area contributed by atoms with Gasteiger partial charge in [-0.05, 0) is 84.2 Å². The number of aromatic nitrogens is 1. The number of benzene rings is 2. The number of carboxylic acids is 1. The highest BCUT2D eigenvalue weighted by molar-refractivity contribution is 5.71. The van der Waals surface area contributed by atoms with Crippen molar-refractivity contribution in [3.63, 3.8) is 0 Å². The third-order valence-electron chi connectivity index (χ3n) is 10.0. The number of aliphatic carboxylic acids is 1. The first-order chi connectivity index (χ1) is 20.9. The average molecular weight is 587 g/mol. The maximum absolute atomic E-state index is 15.2. The number of carbonyl (C=O) groups is 1. The highest BCUT2D eigenvalue weighted by Crippen LogP contribution is 2.48. The number of nitrogens with zero attached hydrogens (tertiary/aromatic N) is 2. The third-order valence-corrected chi connectivity index (χ3v) is 10.0. The molecule has 8 heteroatoms. The predicted molar refractivity (Wildman–Crippen MR) is 159 cm³/mol. The van der Waals surface area contributed by atoms with E-state index in [-0.39, 0.29) is 24.1 Å². The normalized spacial score (nSPS) is 24.6. The first kappa shape index (κ1) is 28.3. The van der Waals surface area contributed by atoms with Crippen molar-refractivity contribution >= 4 is 5.97 Å². The van der Waals surface area contributed by atoms with Crippen molar-refractivity contribution in [1.29, 1.82) is 0 Å². The van der Waals surface area contributed by atoms with Crippen molar-refractivity contribution in [1.82, 2.24) is 9.88 Å². The smallest absolute Gasteiger partial charge is 0.306 e. The summed E-state index contributed by atoms with van der Waals surface area (Å²) in [7, 11) is 1.54. The average Bonchev–Trinajstić information content (AvgIpc) is 3.61. The largest absolute Gasteiger partial charge is 0.485 e. The fraction of sp³-hybridized carbons (Fsp3) is 0.486. The molecule has 1 aliphatic carbocycles. The van der Waals surface area contributed by atoms with E-state index in [1.165, 1.54) is 13.3 Å². The number of methoxy groups -OCH3 is 1. The first-order valence-corrected chi connectivity index (χ1v) is 15.6. The summed E-state index contributed by atoms with van der Waals surface area (Å²) in [5.74, 6) is 0.595. The van der Waals surface area contributed by atoms with Crippen LogP contribution in [0, 0.1) is 23.6 Å². The second-order valence-corrected chi connectivity index (χ2v) is 12.7. The van der Waals surface area contributed by atoms with Gasteiger partial charge in [0.15, 0.2) is 0 Å². The molecule has 1 aromatic heterocycles. The molecule has 0 spiro atoms. The summed E-state index contributed by atoms with van der Waals surface area (Å²) >= 11 is 0. The van der Waals surface area contributed by atoms with Gasteiger partial charge in [0.1, 0.15) is 23.9 Å². The SMILES string of the molecule is COc1cc(-c2ccc(C3CCc4ccc(C(C5CC5)[C@H](C)C(=O)O)cc4O3)cc2CN2CCC3CCOC32)c(F)cn1. The molecule has 0 amide bonds. The molecule has 1 N–H and O–H groups in total. The highest BCUT2D eigenvalue weighted by Gasteiger charge is 2.40. The fourth-order valence-electron chi connectivity index (χ4n) is 7.51. The van der Waals surface area contributed by atoms with E-state index in [0.29, 0.717) is 29.8 Å². The molecule has 4 heterocycles. The molecule has 3 fully saturated rings. The molecule has 2 aromatic carbocycles. The van der Waals surface area contributed by atoms with Crippen LogP contribution < -0.4 is 9.47 Å². The van der Waals surface area contributed by atoms with E-state index < -0.39 is 11.9 Å². The Bertz CT molecular complexity index is 1520. The number of rotatable bonds is 9. The molecule has 0 bridgehead atoms. The molecule has 5 atom stereocenters. The maximum Gasteiger partial charge on any atom is 0.306 e. The van der Waals surface area contributed by atoms with Crippen LogP contribution in [0.25, 0.3) is 11.1 Å². The number of halogens is 1. The van der Waals surface area contributed by atoms with Crippen LogP contribution in [-0.4, -0.2) is 47.4 Å². The Labute approximate surface area is 252 Å². The van der Waals surface area contributed by atoms with Gasteiger partial charge in [0.05, 0.1) is 19.2 Å². The van der Waals surface area contributed by atoms with Crippen LogP contribution in [0.4, 0.5) is 4.39 Å². The molecule has 4 unspecified atom stereocenters. The number of fused-ring (bicyclic) bond motifs is 2. The van der Waals surface area contributed by atoms with Gasteiger partial charge in [0.2, 0.25) is 5.88 Å². The standard InChI is InChI=1S/C35H39FN2O5/c1-20(35(39)40)33(22-4-5-22)25-6-3-21-8-10-30(43-31(21)16-25)24-7-9-27(28-17-32(41-2)37-18-29(28)36)26(15-24)19-38-13-11-23-12-14-42-34(23)38/h3,6-7,9,15-18,20,22-23,30,33-34H,4-5,8,10-14,19H2,1-2H3,(H,39,40)/t20-,23?,30?,33?,34?/m0/s1. The number of ether oxygens (including phenoxy) is 3. The second-order valence-electron chi connectivity index (χ2n) is 12.7. The summed E-state index contributed by atoms with van der Waals surface area (Å²) in [5, 5.41) is 9.77. The molecular formula is C35H39FN2O5. The molecule has 0 radical (unpaired) electrons. The van der Waals surface area contributed by atoms with Crippen molar-refractivity contribution in [3.05, 3.63) is 76.7 Å². The molecule has 4 aliphatic rings. The summed E-state index contributed by atoms with van der Waals surface area (Å²) in [5.41, 5.74) is 5.56. The molecule has 2 saturated heterocycles. The quantitative estimate of drug-likeness (QED) is 0.297. The van der Waals surface area contributed by atoms with Crippen LogP contribution in [0.1, 0.15) is 73.3 Å². The van der Waals surface area contributed by atoms with Crippen molar-refractivity contribution in [3.8, 4) is 22.8 Å². The Morgan fingerprint density at radius 2 is 1.98 bits per heavy atom. The molecular weight excluding hydrogens is 547 g/mol. The summed E-state index contributed by atoms with van der Waals surface area (Å²) < 4.78 is 33.3. The number of aryl methyl sites for hydroxylation is 1. The molecule has 43 heavy (non-hydrogen) atoms. The van der Waals surface area contributed by atoms with Crippen LogP contribution in [0.2, 0.25) is 0 Å². The summed E-state index contributed by atoms with van der Waals surface area (Å²) in [4.78, 5) is 18.3. The lowest BCUT2D eigenvalue weighted by Gasteiger charge is -2.30. The van der Waals surface area contributed by atoms with E-state index in [1.54, 1.807) is 6.07 Å². The van der Waals surface area contributed by atoms with Gasteiger partial charge >= 0.3 is 5.97 Å². The van der Waals surface area contributed by atoms with Crippen molar-refractivity contribution in [2.75, 3.05) is 20.3 Å². The zero-order valence-corrected chi connectivity index (χ0v) is 24.8.